The highest BCUT2D eigenvalue weighted by molar-refractivity contribution is 5.22. The zero-order valence-corrected chi connectivity index (χ0v) is 11.0. The average Bonchev–Trinajstić information content (AvgIpc) is 2.45. The minimum atomic E-state index is -0.207. The van der Waals surface area contributed by atoms with Gasteiger partial charge in [0.15, 0.2) is 0 Å². The third-order valence-electron chi connectivity index (χ3n) is 3.02. The van der Waals surface area contributed by atoms with Crippen LogP contribution in [0, 0.1) is 5.82 Å². The van der Waals surface area contributed by atoms with E-state index in [4.69, 9.17) is 4.74 Å². The van der Waals surface area contributed by atoms with Crippen LogP contribution < -0.4 is 10.1 Å². The highest BCUT2D eigenvalue weighted by Gasteiger charge is 2.09. The number of ether oxygens (including phenoxy) is 1. The summed E-state index contributed by atoms with van der Waals surface area (Å²) < 4.78 is 18.8. The average molecular weight is 259 g/mol. The second kappa shape index (κ2) is 6.90. The Morgan fingerprint density at radius 3 is 2.58 bits per heavy atom. The first-order chi connectivity index (χ1) is 9.29. The first-order valence-corrected chi connectivity index (χ1v) is 6.40. The molecule has 0 spiro atoms. The van der Waals surface area contributed by atoms with Gasteiger partial charge in [0.1, 0.15) is 11.6 Å². The van der Waals surface area contributed by atoms with E-state index in [9.17, 15) is 4.39 Å². The van der Waals surface area contributed by atoms with Crippen LogP contribution in [-0.4, -0.2) is 13.7 Å². The Labute approximate surface area is 113 Å². The molecule has 0 radical (unpaired) electrons. The number of nitrogens with one attached hydrogen (secondary N) is 1. The molecule has 0 amide bonds. The van der Waals surface area contributed by atoms with Gasteiger partial charge in [0.2, 0.25) is 0 Å². The summed E-state index contributed by atoms with van der Waals surface area (Å²) in [5, 5.41) is 3.19. The first-order valence-electron chi connectivity index (χ1n) is 6.40. The third kappa shape index (κ3) is 4.07. The van der Waals surface area contributed by atoms with Gasteiger partial charge in [-0.15, -0.1) is 0 Å². The number of halogens is 1. The van der Waals surface area contributed by atoms with Gasteiger partial charge in [-0.2, -0.15) is 0 Å². The van der Waals surface area contributed by atoms with Crippen LogP contribution in [0.4, 0.5) is 4.39 Å². The van der Waals surface area contributed by atoms with Crippen LogP contribution in [0.2, 0.25) is 0 Å². The minimum Gasteiger partial charge on any atom is -0.494 e. The SMILES string of the molecule is CNC(CCOc1ccccc1)c1cccc(F)c1. The van der Waals surface area contributed by atoms with Gasteiger partial charge in [-0.25, -0.2) is 4.39 Å². The molecule has 2 aromatic carbocycles. The molecule has 0 saturated heterocycles. The topological polar surface area (TPSA) is 21.3 Å². The molecule has 3 heteroatoms. The molecule has 100 valence electrons. The smallest absolute Gasteiger partial charge is 0.123 e. The van der Waals surface area contributed by atoms with Crippen LogP contribution >= 0.6 is 0 Å². The lowest BCUT2D eigenvalue weighted by molar-refractivity contribution is 0.290. The predicted molar refractivity (Wildman–Crippen MR) is 74.8 cm³/mol. The highest BCUT2D eigenvalue weighted by Crippen LogP contribution is 2.18. The number of hydrogen-bond acceptors (Lipinski definition) is 2. The predicted octanol–water partition coefficient (Wildman–Crippen LogP) is 3.56. The van der Waals surface area contributed by atoms with Crippen molar-refractivity contribution in [1.82, 2.24) is 5.32 Å². The van der Waals surface area contributed by atoms with Crippen molar-refractivity contribution >= 4 is 0 Å². The maximum atomic E-state index is 13.2. The molecule has 2 aromatic rings. The Morgan fingerprint density at radius 1 is 1.11 bits per heavy atom. The summed E-state index contributed by atoms with van der Waals surface area (Å²) in [6, 6.07) is 16.5. The van der Waals surface area contributed by atoms with E-state index >= 15 is 0 Å². The van der Waals surface area contributed by atoms with Crippen molar-refractivity contribution < 1.29 is 9.13 Å². The molecule has 2 nitrogen and oxygen atoms in total. The van der Waals surface area contributed by atoms with Crippen molar-refractivity contribution in [3.8, 4) is 5.75 Å². The van der Waals surface area contributed by atoms with Crippen LogP contribution in [0.25, 0.3) is 0 Å². The summed E-state index contributed by atoms with van der Waals surface area (Å²) in [7, 11) is 1.87. The zero-order valence-electron chi connectivity index (χ0n) is 11.0. The number of benzene rings is 2. The van der Waals surface area contributed by atoms with Gasteiger partial charge in [-0.1, -0.05) is 30.3 Å². The van der Waals surface area contributed by atoms with Crippen molar-refractivity contribution in [3.63, 3.8) is 0 Å². The van der Waals surface area contributed by atoms with Gasteiger partial charge in [0.05, 0.1) is 6.61 Å². The van der Waals surface area contributed by atoms with Crippen LogP contribution in [0.5, 0.6) is 5.75 Å². The molecular weight excluding hydrogens is 241 g/mol. The summed E-state index contributed by atoms with van der Waals surface area (Å²) in [5.41, 5.74) is 0.944. The van der Waals surface area contributed by atoms with Crippen molar-refractivity contribution in [3.05, 3.63) is 66.0 Å². The maximum absolute atomic E-state index is 13.2. The van der Waals surface area contributed by atoms with Crippen LogP contribution in [0.1, 0.15) is 18.0 Å². The molecule has 0 heterocycles. The standard InChI is InChI=1S/C16H18FNO/c1-18-16(13-6-5-7-14(17)12-13)10-11-19-15-8-3-2-4-9-15/h2-9,12,16,18H,10-11H2,1H3. The molecule has 1 unspecified atom stereocenters. The van der Waals surface area contributed by atoms with Crippen LogP contribution in [-0.2, 0) is 0 Å². The Kier molecular flexibility index (Phi) is 4.93. The van der Waals surface area contributed by atoms with E-state index in [-0.39, 0.29) is 11.9 Å². The van der Waals surface area contributed by atoms with Gasteiger partial charge in [0.25, 0.3) is 0 Å². The summed E-state index contributed by atoms with van der Waals surface area (Å²) in [6.45, 7) is 0.589. The molecule has 0 saturated carbocycles. The molecule has 1 N–H and O–H groups in total. The van der Waals surface area contributed by atoms with Gasteiger partial charge in [-0.3, -0.25) is 0 Å². The third-order valence-corrected chi connectivity index (χ3v) is 3.02. The molecule has 0 fully saturated rings. The molecule has 2 rings (SSSR count). The summed E-state index contributed by atoms with van der Waals surface area (Å²) >= 11 is 0. The van der Waals surface area contributed by atoms with Gasteiger partial charge in [-0.05, 0) is 36.9 Å². The Balaban J connectivity index is 1.89. The molecule has 19 heavy (non-hydrogen) atoms. The normalized spacial score (nSPS) is 12.1. The van der Waals surface area contributed by atoms with Crippen LogP contribution in [0.3, 0.4) is 0 Å². The van der Waals surface area contributed by atoms with Gasteiger partial charge >= 0.3 is 0 Å². The van der Waals surface area contributed by atoms with Crippen molar-refractivity contribution in [2.24, 2.45) is 0 Å². The maximum Gasteiger partial charge on any atom is 0.123 e. The van der Waals surface area contributed by atoms with Crippen molar-refractivity contribution in [2.45, 2.75) is 12.5 Å². The van der Waals surface area contributed by atoms with E-state index in [1.165, 1.54) is 6.07 Å². The fourth-order valence-electron chi connectivity index (χ4n) is 2.01. The Morgan fingerprint density at radius 2 is 1.89 bits per heavy atom. The molecule has 0 aliphatic rings. The summed E-state index contributed by atoms with van der Waals surface area (Å²) in [4.78, 5) is 0. The second-order valence-electron chi connectivity index (χ2n) is 4.35. The lowest BCUT2D eigenvalue weighted by Crippen LogP contribution is -2.19. The quantitative estimate of drug-likeness (QED) is 0.856. The Hall–Kier alpha value is -1.87. The highest BCUT2D eigenvalue weighted by atomic mass is 19.1. The summed E-state index contributed by atoms with van der Waals surface area (Å²) in [5.74, 6) is 0.651. The molecule has 0 aliphatic heterocycles. The first kappa shape index (κ1) is 13.6. The second-order valence-corrected chi connectivity index (χ2v) is 4.35. The molecule has 0 aromatic heterocycles. The van der Waals surface area contributed by atoms with E-state index in [1.54, 1.807) is 12.1 Å². The number of rotatable bonds is 6. The minimum absolute atomic E-state index is 0.0967. The fraction of sp³-hybridized carbons (Fsp3) is 0.250. The van der Waals surface area contributed by atoms with Gasteiger partial charge in [0, 0.05) is 12.5 Å². The molecule has 1 atom stereocenters. The van der Waals surface area contributed by atoms with Crippen LogP contribution in [0.15, 0.2) is 54.6 Å². The monoisotopic (exact) mass is 259 g/mol. The van der Waals surface area contributed by atoms with Crippen molar-refractivity contribution in [2.75, 3.05) is 13.7 Å². The molecular formula is C16H18FNO. The van der Waals surface area contributed by atoms with Crippen molar-refractivity contribution in [1.29, 1.82) is 0 Å². The van der Waals surface area contributed by atoms with E-state index < -0.39 is 0 Å². The summed E-state index contributed by atoms with van der Waals surface area (Å²) in [6.07, 6.45) is 0.787. The number of hydrogen-bond donors (Lipinski definition) is 1. The Bertz CT molecular complexity index is 501. The molecule has 0 aliphatic carbocycles. The van der Waals surface area contributed by atoms with E-state index in [0.717, 1.165) is 17.7 Å². The van der Waals surface area contributed by atoms with E-state index in [0.29, 0.717) is 6.61 Å². The van der Waals surface area contributed by atoms with Gasteiger partial charge < -0.3 is 10.1 Å². The fourth-order valence-corrected chi connectivity index (χ4v) is 2.01. The van der Waals surface area contributed by atoms with E-state index in [2.05, 4.69) is 5.32 Å². The largest absolute Gasteiger partial charge is 0.494 e. The van der Waals surface area contributed by atoms with E-state index in [1.807, 2.05) is 43.4 Å². The number of para-hydroxylation sites is 1. The lowest BCUT2D eigenvalue weighted by atomic mass is 10.0. The zero-order chi connectivity index (χ0) is 13.5. The molecule has 0 bridgehead atoms. The lowest BCUT2D eigenvalue weighted by Gasteiger charge is -2.17.